The molecular formula is C22H16N2S2. The molecule has 1 aliphatic rings. The lowest BCUT2D eigenvalue weighted by atomic mass is 10.1. The van der Waals surface area contributed by atoms with Crippen LogP contribution < -0.4 is 5.32 Å². The number of nitrogens with one attached hydrogen (secondary N) is 1. The van der Waals surface area contributed by atoms with Crippen molar-refractivity contribution in [2.24, 2.45) is 0 Å². The van der Waals surface area contributed by atoms with E-state index in [2.05, 4.69) is 88.5 Å². The predicted molar refractivity (Wildman–Crippen MR) is 114 cm³/mol. The number of rotatable bonds is 3. The molecule has 0 atom stereocenters. The number of pyridine rings is 1. The number of anilines is 1. The third kappa shape index (κ3) is 2.87. The molecule has 2 nitrogen and oxygen atoms in total. The number of hydrogen-bond acceptors (Lipinski definition) is 3. The standard InChI is InChI=1S/C22H16N2S2/c1-2-5-21-19(4-1)24-22(26-21)16-9-7-15(8-10-16)17-11-12-18(23-14-17)20-6-3-13-25-20/h1-14,24,26H. The molecule has 1 N–H and O–H groups in total. The topological polar surface area (TPSA) is 24.9 Å². The van der Waals surface area contributed by atoms with Crippen molar-refractivity contribution >= 4 is 33.4 Å². The molecule has 0 radical (unpaired) electrons. The Morgan fingerprint density at radius 3 is 2.31 bits per heavy atom. The SMILES string of the molecule is c1csc(-c2ccc(-c3ccc(C4=[SH]c5ccccc5N4)cc3)cn2)c1. The summed E-state index contributed by atoms with van der Waals surface area (Å²) >= 11 is 2.95. The van der Waals surface area contributed by atoms with Gasteiger partial charge in [-0.15, -0.1) is 22.7 Å². The number of thiol groups is 1. The summed E-state index contributed by atoms with van der Waals surface area (Å²) in [6.45, 7) is 0. The van der Waals surface area contributed by atoms with Crippen LogP contribution in [0.25, 0.3) is 21.7 Å². The van der Waals surface area contributed by atoms with Crippen LogP contribution in [0.1, 0.15) is 5.56 Å². The first-order valence-electron chi connectivity index (χ1n) is 8.42. The molecule has 4 aromatic rings. The van der Waals surface area contributed by atoms with Gasteiger partial charge in [-0.2, -0.15) is 0 Å². The number of benzene rings is 2. The Morgan fingerprint density at radius 1 is 0.769 bits per heavy atom. The molecule has 0 unspecified atom stereocenters. The monoisotopic (exact) mass is 372 g/mol. The summed E-state index contributed by atoms with van der Waals surface area (Å²) in [5, 5.41) is 5.61. The van der Waals surface area contributed by atoms with Gasteiger partial charge in [0.1, 0.15) is 0 Å². The lowest BCUT2D eigenvalue weighted by molar-refractivity contribution is 1.34. The molecule has 0 aliphatic carbocycles. The molecular weight excluding hydrogens is 356 g/mol. The molecule has 5 rings (SSSR count). The first-order valence-corrected chi connectivity index (χ1v) is 10.2. The summed E-state index contributed by atoms with van der Waals surface area (Å²) in [7, 11) is 0. The maximum absolute atomic E-state index is 4.62. The first kappa shape index (κ1) is 15.6. The minimum Gasteiger partial charge on any atom is -0.349 e. The second-order valence-corrected chi connectivity index (χ2v) is 8.19. The van der Waals surface area contributed by atoms with Gasteiger partial charge in [-0.25, -0.2) is 0 Å². The van der Waals surface area contributed by atoms with Gasteiger partial charge in [-0.1, -0.05) is 48.5 Å². The van der Waals surface area contributed by atoms with Crippen molar-refractivity contribution in [3.05, 3.63) is 89.9 Å². The van der Waals surface area contributed by atoms with Crippen molar-refractivity contribution in [2.75, 3.05) is 5.32 Å². The van der Waals surface area contributed by atoms with Crippen molar-refractivity contribution in [1.82, 2.24) is 4.98 Å². The van der Waals surface area contributed by atoms with Gasteiger partial charge >= 0.3 is 0 Å². The van der Waals surface area contributed by atoms with Crippen LogP contribution in [0.2, 0.25) is 0 Å². The summed E-state index contributed by atoms with van der Waals surface area (Å²) in [6, 6.07) is 25.6. The molecule has 0 fully saturated rings. The Bertz CT molecular complexity index is 1080. The number of hydrogen-bond donors (Lipinski definition) is 2. The third-order valence-electron chi connectivity index (χ3n) is 4.42. The zero-order valence-corrected chi connectivity index (χ0v) is 15.6. The highest BCUT2D eigenvalue weighted by molar-refractivity contribution is 7.99. The molecule has 4 heteroatoms. The lowest BCUT2D eigenvalue weighted by Crippen LogP contribution is -2.07. The van der Waals surface area contributed by atoms with Crippen LogP contribution in [0.3, 0.4) is 0 Å². The molecule has 26 heavy (non-hydrogen) atoms. The lowest BCUT2D eigenvalue weighted by Gasteiger charge is -2.07. The minimum absolute atomic E-state index is 1.03. The molecule has 126 valence electrons. The second kappa shape index (κ2) is 6.56. The first-order chi connectivity index (χ1) is 12.9. The van der Waals surface area contributed by atoms with E-state index >= 15 is 0 Å². The van der Waals surface area contributed by atoms with Gasteiger partial charge in [0.2, 0.25) is 0 Å². The van der Waals surface area contributed by atoms with Crippen LogP contribution in [0, 0.1) is 0 Å². The van der Waals surface area contributed by atoms with Gasteiger partial charge in [-0.05, 0) is 35.2 Å². The predicted octanol–water partition coefficient (Wildman–Crippen LogP) is 5.91. The molecule has 2 aromatic carbocycles. The maximum atomic E-state index is 4.62. The molecule has 0 bridgehead atoms. The van der Waals surface area contributed by atoms with E-state index in [-0.39, 0.29) is 0 Å². The number of para-hydroxylation sites is 1. The van der Waals surface area contributed by atoms with Crippen molar-refractivity contribution in [1.29, 1.82) is 0 Å². The largest absolute Gasteiger partial charge is 0.349 e. The van der Waals surface area contributed by atoms with Crippen molar-refractivity contribution in [3.8, 4) is 21.7 Å². The number of nitrogens with zero attached hydrogens (tertiary/aromatic N) is 1. The Kier molecular flexibility index (Phi) is 3.92. The van der Waals surface area contributed by atoms with Crippen molar-refractivity contribution < 1.29 is 0 Å². The van der Waals surface area contributed by atoms with Gasteiger partial charge < -0.3 is 5.32 Å². The Balaban J connectivity index is 1.39. The van der Waals surface area contributed by atoms with Crippen LogP contribution >= 0.6 is 22.7 Å². The Labute approximate surface area is 160 Å². The van der Waals surface area contributed by atoms with E-state index in [9.17, 15) is 0 Å². The van der Waals surface area contributed by atoms with Gasteiger partial charge in [-0.3, -0.25) is 4.98 Å². The molecule has 1 aliphatic heterocycles. The molecule has 2 aromatic heterocycles. The summed E-state index contributed by atoms with van der Waals surface area (Å²) in [4.78, 5) is 8.39. The highest BCUT2D eigenvalue weighted by Crippen LogP contribution is 2.31. The maximum Gasteiger partial charge on any atom is 0.0802 e. The van der Waals surface area contributed by atoms with Gasteiger partial charge in [0.15, 0.2) is 0 Å². The number of thiophene rings is 1. The number of fused-ring (bicyclic) bond motifs is 1. The summed E-state index contributed by atoms with van der Waals surface area (Å²) in [6.07, 6.45) is 1.96. The molecule has 0 saturated heterocycles. The van der Waals surface area contributed by atoms with Crippen LogP contribution in [0.5, 0.6) is 0 Å². The quantitative estimate of drug-likeness (QED) is 0.345. The minimum atomic E-state index is 1.03. The normalized spacial score (nSPS) is 12.7. The van der Waals surface area contributed by atoms with Crippen LogP contribution in [0.4, 0.5) is 5.69 Å². The van der Waals surface area contributed by atoms with Gasteiger partial charge in [0, 0.05) is 22.2 Å². The average Bonchev–Trinajstić information content (AvgIpc) is 3.38. The molecule has 0 spiro atoms. The van der Waals surface area contributed by atoms with E-state index in [0.717, 1.165) is 11.3 Å². The fourth-order valence-electron chi connectivity index (χ4n) is 3.04. The van der Waals surface area contributed by atoms with Gasteiger partial charge in [0.25, 0.3) is 0 Å². The zero-order valence-electron chi connectivity index (χ0n) is 13.9. The van der Waals surface area contributed by atoms with Crippen LogP contribution in [-0.2, 0) is 0 Å². The highest BCUT2D eigenvalue weighted by Gasteiger charge is 2.12. The second-order valence-electron chi connectivity index (χ2n) is 6.09. The van der Waals surface area contributed by atoms with E-state index in [0.29, 0.717) is 0 Å². The Morgan fingerprint density at radius 2 is 1.58 bits per heavy atom. The van der Waals surface area contributed by atoms with Crippen LogP contribution in [0.15, 0.2) is 89.3 Å². The average molecular weight is 373 g/mol. The third-order valence-corrected chi connectivity index (χ3v) is 6.54. The summed E-state index contributed by atoms with van der Waals surface area (Å²) < 4.78 is 0. The van der Waals surface area contributed by atoms with E-state index in [1.54, 1.807) is 11.3 Å². The highest BCUT2D eigenvalue weighted by atomic mass is 32.1. The summed E-state index contributed by atoms with van der Waals surface area (Å²) in [5.74, 6) is 0. The zero-order chi connectivity index (χ0) is 17.3. The molecule has 0 saturated carbocycles. The van der Waals surface area contributed by atoms with E-state index in [1.807, 2.05) is 6.20 Å². The molecule has 0 amide bonds. The number of aromatic nitrogens is 1. The van der Waals surface area contributed by atoms with E-state index in [1.165, 1.54) is 42.9 Å². The van der Waals surface area contributed by atoms with Crippen molar-refractivity contribution in [3.63, 3.8) is 0 Å². The van der Waals surface area contributed by atoms with Gasteiger partial charge in [0.05, 0.1) is 21.2 Å². The van der Waals surface area contributed by atoms with E-state index < -0.39 is 0 Å². The Hall–Kier alpha value is -2.69. The smallest absolute Gasteiger partial charge is 0.0802 e. The fraction of sp³-hybridized carbons (Fsp3) is 0. The van der Waals surface area contributed by atoms with E-state index in [4.69, 9.17) is 0 Å². The fourth-order valence-corrected chi connectivity index (χ4v) is 4.85. The summed E-state index contributed by atoms with van der Waals surface area (Å²) in [5.41, 5.74) is 5.80. The van der Waals surface area contributed by atoms with Crippen molar-refractivity contribution in [2.45, 2.75) is 4.90 Å². The van der Waals surface area contributed by atoms with Crippen LogP contribution in [-0.4, -0.2) is 9.97 Å². The molecule has 3 heterocycles.